The number of carbonyl (C=O) groups is 2. The van der Waals surface area contributed by atoms with E-state index in [1.165, 1.54) is 5.56 Å². The quantitative estimate of drug-likeness (QED) is 0.825. The van der Waals surface area contributed by atoms with Crippen molar-refractivity contribution in [3.63, 3.8) is 0 Å². The van der Waals surface area contributed by atoms with Crippen molar-refractivity contribution in [2.45, 2.75) is 34.2 Å². The summed E-state index contributed by atoms with van der Waals surface area (Å²) in [5.41, 5.74) is 1.61. The van der Waals surface area contributed by atoms with Crippen LogP contribution in [-0.2, 0) is 16.1 Å². The van der Waals surface area contributed by atoms with Gasteiger partial charge in [0.05, 0.1) is 13.1 Å². The van der Waals surface area contributed by atoms with Gasteiger partial charge < -0.3 is 14.7 Å². The molecule has 2 heterocycles. The Hall–Kier alpha value is -2.74. The summed E-state index contributed by atoms with van der Waals surface area (Å²) in [4.78, 5) is 32.7. The minimum atomic E-state index is -0.500. The third-order valence-electron chi connectivity index (χ3n) is 4.94. The van der Waals surface area contributed by atoms with Gasteiger partial charge >= 0.3 is 0 Å². The summed E-state index contributed by atoms with van der Waals surface area (Å²) in [5.74, 6) is 0.980. The van der Waals surface area contributed by atoms with Gasteiger partial charge in [-0.05, 0) is 6.92 Å². The fourth-order valence-electron chi connectivity index (χ4n) is 3.02. The molecule has 1 aromatic carbocycles. The van der Waals surface area contributed by atoms with Crippen molar-refractivity contribution in [3.05, 3.63) is 35.7 Å². The minimum Gasteiger partial charge on any atom is -0.347 e. The second-order valence-electron chi connectivity index (χ2n) is 8.47. The van der Waals surface area contributed by atoms with E-state index in [1.54, 1.807) is 4.90 Å². The molecule has 29 heavy (non-hydrogen) atoms. The molecule has 8 heteroatoms. The van der Waals surface area contributed by atoms with Crippen LogP contribution in [-0.4, -0.2) is 64.5 Å². The zero-order chi connectivity index (χ0) is 21.0. The molecule has 1 aliphatic rings. The maximum absolute atomic E-state index is 12.3. The average Bonchev–Trinajstić information content (AvgIpc) is 3.14. The molecule has 0 saturated carbocycles. The smallest absolute Gasteiger partial charge is 0.242 e. The molecule has 156 valence electrons. The maximum atomic E-state index is 12.3. The highest BCUT2D eigenvalue weighted by molar-refractivity contribution is 5.87. The SMILES string of the molecule is Cc1ccc(-c2noc(CN3CCN(C(=O)CNC(=O)C(C)(C)C)CC3)n2)cc1. The van der Waals surface area contributed by atoms with Crippen LogP contribution in [0.15, 0.2) is 28.8 Å². The first-order valence-electron chi connectivity index (χ1n) is 9.90. The van der Waals surface area contributed by atoms with Crippen molar-refractivity contribution < 1.29 is 14.1 Å². The number of amides is 2. The Morgan fingerprint density at radius 3 is 2.38 bits per heavy atom. The summed E-state index contributed by atoms with van der Waals surface area (Å²) >= 11 is 0. The lowest BCUT2D eigenvalue weighted by atomic mass is 9.96. The monoisotopic (exact) mass is 399 g/mol. The molecular weight excluding hydrogens is 370 g/mol. The molecule has 2 aromatic rings. The first-order chi connectivity index (χ1) is 13.7. The predicted molar refractivity (Wildman–Crippen MR) is 109 cm³/mol. The number of benzene rings is 1. The van der Waals surface area contributed by atoms with Crippen LogP contribution in [0.5, 0.6) is 0 Å². The van der Waals surface area contributed by atoms with Crippen molar-refractivity contribution in [3.8, 4) is 11.4 Å². The van der Waals surface area contributed by atoms with Crippen LogP contribution in [0.2, 0.25) is 0 Å². The van der Waals surface area contributed by atoms with Gasteiger partial charge in [-0.2, -0.15) is 4.98 Å². The van der Waals surface area contributed by atoms with E-state index in [9.17, 15) is 9.59 Å². The van der Waals surface area contributed by atoms with Gasteiger partial charge in [-0.25, -0.2) is 0 Å². The van der Waals surface area contributed by atoms with Crippen LogP contribution < -0.4 is 5.32 Å². The zero-order valence-corrected chi connectivity index (χ0v) is 17.6. The van der Waals surface area contributed by atoms with E-state index < -0.39 is 5.41 Å². The summed E-state index contributed by atoms with van der Waals surface area (Å²) in [5, 5.41) is 6.78. The molecule has 8 nitrogen and oxygen atoms in total. The van der Waals surface area contributed by atoms with E-state index >= 15 is 0 Å². The number of hydrogen-bond acceptors (Lipinski definition) is 6. The molecule has 3 rings (SSSR count). The van der Waals surface area contributed by atoms with Crippen LogP contribution in [0.1, 0.15) is 32.2 Å². The minimum absolute atomic E-state index is 0.0413. The normalized spacial score (nSPS) is 15.4. The number of rotatable bonds is 5. The Morgan fingerprint density at radius 1 is 1.10 bits per heavy atom. The third-order valence-corrected chi connectivity index (χ3v) is 4.94. The number of carbonyl (C=O) groups excluding carboxylic acids is 2. The molecule has 0 spiro atoms. The molecule has 1 saturated heterocycles. The Morgan fingerprint density at radius 2 is 1.76 bits per heavy atom. The fraction of sp³-hybridized carbons (Fsp3) is 0.524. The lowest BCUT2D eigenvalue weighted by molar-refractivity contribution is -0.136. The number of nitrogens with one attached hydrogen (secondary N) is 1. The van der Waals surface area contributed by atoms with Crippen molar-refractivity contribution in [2.75, 3.05) is 32.7 Å². The van der Waals surface area contributed by atoms with Crippen molar-refractivity contribution in [1.82, 2.24) is 25.3 Å². The van der Waals surface area contributed by atoms with Gasteiger partial charge in [0.25, 0.3) is 0 Å². The Kier molecular flexibility index (Phi) is 6.32. The van der Waals surface area contributed by atoms with E-state index in [1.807, 2.05) is 52.0 Å². The van der Waals surface area contributed by atoms with E-state index in [0.717, 1.165) is 18.7 Å². The molecule has 0 bridgehead atoms. The second-order valence-corrected chi connectivity index (χ2v) is 8.47. The largest absolute Gasteiger partial charge is 0.347 e. The number of aryl methyl sites for hydroxylation is 1. The molecule has 2 amide bonds. The average molecular weight is 399 g/mol. The molecule has 0 atom stereocenters. The van der Waals surface area contributed by atoms with Gasteiger partial charge in [0.15, 0.2) is 0 Å². The van der Waals surface area contributed by atoms with Crippen molar-refractivity contribution >= 4 is 11.8 Å². The Bertz CT molecular complexity index is 846. The molecule has 0 unspecified atom stereocenters. The van der Waals surface area contributed by atoms with E-state index in [-0.39, 0.29) is 18.4 Å². The zero-order valence-electron chi connectivity index (χ0n) is 17.6. The lowest BCUT2D eigenvalue weighted by Gasteiger charge is -2.34. The van der Waals surface area contributed by atoms with E-state index in [2.05, 4.69) is 20.4 Å². The van der Waals surface area contributed by atoms with Crippen LogP contribution in [0.4, 0.5) is 0 Å². The van der Waals surface area contributed by atoms with Crippen LogP contribution in [0.3, 0.4) is 0 Å². The number of hydrogen-bond donors (Lipinski definition) is 1. The molecule has 1 N–H and O–H groups in total. The number of nitrogens with zero attached hydrogens (tertiary/aromatic N) is 4. The maximum Gasteiger partial charge on any atom is 0.242 e. The Labute approximate surface area is 171 Å². The lowest BCUT2D eigenvalue weighted by Crippen LogP contribution is -2.51. The van der Waals surface area contributed by atoms with Gasteiger partial charge in [0.2, 0.25) is 23.5 Å². The van der Waals surface area contributed by atoms with Crippen LogP contribution >= 0.6 is 0 Å². The predicted octanol–water partition coefficient (Wildman–Crippen LogP) is 1.85. The topological polar surface area (TPSA) is 91.6 Å². The highest BCUT2D eigenvalue weighted by Crippen LogP contribution is 2.17. The third kappa shape index (κ3) is 5.63. The molecule has 0 aliphatic carbocycles. The van der Waals surface area contributed by atoms with Gasteiger partial charge in [0, 0.05) is 37.2 Å². The summed E-state index contributed by atoms with van der Waals surface area (Å²) in [6.07, 6.45) is 0. The standard InChI is InChI=1S/C21H29N5O3/c1-15-5-7-16(8-6-15)19-23-17(29-24-19)14-25-9-11-26(12-10-25)18(27)13-22-20(28)21(2,3)4/h5-8H,9-14H2,1-4H3,(H,22,28). The summed E-state index contributed by atoms with van der Waals surface area (Å²) < 4.78 is 5.39. The number of aromatic nitrogens is 2. The highest BCUT2D eigenvalue weighted by Gasteiger charge is 2.25. The molecule has 1 aromatic heterocycles. The van der Waals surface area contributed by atoms with Crippen LogP contribution in [0.25, 0.3) is 11.4 Å². The number of piperazine rings is 1. The van der Waals surface area contributed by atoms with Crippen molar-refractivity contribution in [1.29, 1.82) is 0 Å². The van der Waals surface area contributed by atoms with Crippen LogP contribution in [0, 0.1) is 12.3 Å². The van der Waals surface area contributed by atoms with Crippen molar-refractivity contribution in [2.24, 2.45) is 5.41 Å². The van der Waals surface area contributed by atoms with Gasteiger partial charge in [-0.3, -0.25) is 14.5 Å². The van der Waals surface area contributed by atoms with Gasteiger partial charge in [0.1, 0.15) is 0 Å². The van der Waals surface area contributed by atoms with Gasteiger partial charge in [-0.15, -0.1) is 0 Å². The summed E-state index contributed by atoms with van der Waals surface area (Å²) in [7, 11) is 0. The second kappa shape index (κ2) is 8.73. The Balaban J connectivity index is 1.46. The van der Waals surface area contributed by atoms with E-state index in [0.29, 0.717) is 31.3 Å². The summed E-state index contributed by atoms with van der Waals surface area (Å²) in [6.45, 7) is 10.8. The van der Waals surface area contributed by atoms with E-state index in [4.69, 9.17) is 4.52 Å². The fourth-order valence-corrected chi connectivity index (χ4v) is 3.02. The first-order valence-corrected chi connectivity index (χ1v) is 9.90. The highest BCUT2D eigenvalue weighted by atomic mass is 16.5. The molecule has 1 aliphatic heterocycles. The molecule has 1 fully saturated rings. The summed E-state index contributed by atoms with van der Waals surface area (Å²) in [6, 6.07) is 8.00. The molecular formula is C21H29N5O3. The first kappa shape index (κ1) is 21.0. The molecule has 0 radical (unpaired) electrons. The van der Waals surface area contributed by atoms with Gasteiger partial charge in [-0.1, -0.05) is 55.8 Å².